The van der Waals surface area contributed by atoms with Crippen molar-refractivity contribution in [2.24, 2.45) is 0 Å². The maximum absolute atomic E-state index is 5.72. The second-order valence-corrected chi connectivity index (χ2v) is 8.98. The molecule has 0 aliphatic heterocycles. The van der Waals surface area contributed by atoms with Gasteiger partial charge in [0.1, 0.15) is 34.3 Å². The Balaban J connectivity index is 1.82. The number of pyridine rings is 1. The van der Waals surface area contributed by atoms with Gasteiger partial charge < -0.3 is 28.8 Å². The second-order valence-electron chi connectivity index (χ2n) is 8.98. The molecule has 2 heterocycles. The number of methoxy groups -OCH3 is 4. The van der Waals surface area contributed by atoms with E-state index in [-0.39, 0.29) is 0 Å². The topological polar surface area (TPSA) is 81.7 Å². The van der Waals surface area contributed by atoms with E-state index in [1.54, 1.807) is 28.4 Å². The van der Waals surface area contributed by atoms with Crippen LogP contribution >= 0.6 is 0 Å². The van der Waals surface area contributed by atoms with Gasteiger partial charge in [-0.1, -0.05) is 13.3 Å². The number of rotatable bonds is 12. The lowest BCUT2D eigenvalue weighted by molar-refractivity contribution is 0.389. The number of ether oxygens (including phenoxy) is 4. The predicted octanol–water partition coefficient (Wildman–Crippen LogP) is 5.85. The SMILES string of the molecule is CCCCc1nc2c(N(Cc3ccc(OC)cc3OC)Cc3ccc(OC)cc3OC)nc(C)cc2[nH]1. The van der Waals surface area contributed by atoms with Gasteiger partial charge in [0, 0.05) is 48.5 Å². The smallest absolute Gasteiger partial charge is 0.157 e. The van der Waals surface area contributed by atoms with Crippen molar-refractivity contribution in [3.63, 3.8) is 0 Å². The third-order valence-electron chi connectivity index (χ3n) is 6.41. The summed E-state index contributed by atoms with van der Waals surface area (Å²) in [6.07, 6.45) is 3.10. The lowest BCUT2D eigenvalue weighted by Gasteiger charge is -2.26. The van der Waals surface area contributed by atoms with Crippen molar-refractivity contribution >= 4 is 16.9 Å². The molecule has 2 aromatic heterocycles. The molecule has 0 amide bonds. The molecule has 0 aliphatic carbocycles. The Hall–Kier alpha value is -3.94. The van der Waals surface area contributed by atoms with Gasteiger partial charge in [0.15, 0.2) is 5.82 Å². The summed E-state index contributed by atoms with van der Waals surface area (Å²) in [7, 11) is 6.65. The molecule has 0 saturated carbocycles. The molecule has 8 nitrogen and oxygen atoms in total. The molecular weight excluding hydrogens is 468 g/mol. The summed E-state index contributed by atoms with van der Waals surface area (Å²) in [5, 5.41) is 0. The first kappa shape index (κ1) is 26.1. The van der Waals surface area contributed by atoms with Crippen LogP contribution in [0.2, 0.25) is 0 Å². The maximum atomic E-state index is 5.72. The first-order valence-electron chi connectivity index (χ1n) is 12.5. The van der Waals surface area contributed by atoms with E-state index in [4.69, 9.17) is 28.9 Å². The highest BCUT2D eigenvalue weighted by molar-refractivity contribution is 5.87. The minimum atomic E-state index is 0.547. The van der Waals surface area contributed by atoms with Gasteiger partial charge in [-0.15, -0.1) is 0 Å². The molecule has 8 heteroatoms. The van der Waals surface area contributed by atoms with Crippen molar-refractivity contribution in [2.75, 3.05) is 33.3 Å². The highest BCUT2D eigenvalue weighted by Crippen LogP contribution is 2.33. The van der Waals surface area contributed by atoms with Crippen LogP contribution in [-0.2, 0) is 19.5 Å². The number of aromatic amines is 1. The molecule has 196 valence electrons. The van der Waals surface area contributed by atoms with E-state index in [9.17, 15) is 0 Å². The van der Waals surface area contributed by atoms with Gasteiger partial charge in [-0.25, -0.2) is 9.97 Å². The van der Waals surface area contributed by atoms with Gasteiger partial charge in [-0.2, -0.15) is 0 Å². The number of nitrogens with zero attached hydrogens (tertiary/aromatic N) is 3. The highest BCUT2D eigenvalue weighted by Gasteiger charge is 2.21. The summed E-state index contributed by atoms with van der Waals surface area (Å²) in [5.41, 5.74) is 4.78. The lowest BCUT2D eigenvalue weighted by atomic mass is 10.1. The number of aromatic nitrogens is 3. The van der Waals surface area contributed by atoms with Crippen LogP contribution in [0.3, 0.4) is 0 Å². The molecule has 0 radical (unpaired) electrons. The Morgan fingerprint density at radius 2 is 1.38 bits per heavy atom. The molecule has 0 fully saturated rings. The standard InChI is InChI=1S/C29H36N4O4/c1-7-8-9-27-31-24-14-19(2)30-29(28(24)32-27)33(17-20-10-12-22(34-3)15-25(20)36-5)18-21-11-13-23(35-4)16-26(21)37-6/h10-16H,7-9,17-18H2,1-6H3,(H,31,32). The normalized spacial score (nSPS) is 11.0. The number of fused-ring (bicyclic) bond motifs is 1. The third kappa shape index (κ3) is 5.90. The van der Waals surface area contributed by atoms with Crippen LogP contribution in [0.5, 0.6) is 23.0 Å². The van der Waals surface area contributed by atoms with E-state index < -0.39 is 0 Å². The fourth-order valence-corrected chi connectivity index (χ4v) is 4.44. The monoisotopic (exact) mass is 504 g/mol. The van der Waals surface area contributed by atoms with Gasteiger partial charge in [-0.3, -0.25) is 0 Å². The number of imidazole rings is 1. The van der Waals surface area contributed by atoms with E-state index in [1.165, 1.54) is 0 Å². The largest absolute Gasteiger partial charge is 0.497 e. The number of nitrogens with one attached hydrogen (secondary N) is 1. The predicted molar refractivity (Wildman–Crippen MR) is 146 cm³/mol. The number of hydrogen-bond donors (Lipinski definition) is 1. The zero-order chi connectivity index (χ0) is 26.4. The fourth-order valence-electron chi connectivity index (χ4n) is 4.44. The van der Waals surface area contributed by atoms with Crippen molar-refractivity contribution < 1.29 is 18.9 Å². The molecular formula is C29H36N4O4. The number of anilines is 1. The van der Waals surface area contributed by atoms with Gasteiger partial charge in [-0.05, 0) is 43.7 Å². The second kappa shape index (κ2) is 11.9. The average molecular weight is 505 g/mol. The number of unbranched alkanes of at least 4 members (excludes halogenated alkanes) is 1. The van der Waals surface area contributed by atoms with E-state index in [1.807, 2.05) is 43.3 Å². The van der Waals surface area contributed by atoms with Crippen molar-refractivity contribution in [1.82, 2.24) is 15.0 Å². The number of aryl methyl sites for hydroxylation is 2. The Morgan fingerprint density at radius 3 is 1.89 bits per heavy atom. The van der Waals surface area contributed by atoms with Gasteiger partial charge in [0.05, 0.1) is 34.0 Å². The zero-order valence-electron chi connectivity index (χ0n) is 22.6. The van der Waals surface area contributed by atoms with Crippen LogP contribution in [0.1, 0.15) is 42.4 Å². The molecule has 37 heavy (non-hydrogen) atoms. The molecule has 1 N–H and O–H groups in total. The van der Waals surface area contributed by atoms with Crippen LogP contribution in [0.4, 0.5) is 5.82 Å². The quantitative estimate of drug-likeness (QED) is 0.259. The van der Waals surface area contributed by atoms with Gasteiger partial charge >= 0.3 is 0 Å². The Morgan fingerprint density at radius 1 is 0.784 bits per heavy atom. The minimum Gasteiger partial charge on any atom is -0.497 e. The molecule has 0 bridgehead atoms. The first-order valence-corrected chi connectivity index (χ1v) is 12.5. The van der Waals surface area contributed by atoms with Crippen LogP contribution in [0, 0.1) is 6.92 Å². The Bertz CT molecular complexity index is 1290. The first-order chi connectivity index (χ1) is 18.0. The fraction of sp³-hybridized carbons (Fsp3) is 0.379. The summed E-state index contributed by atoms with van der Waals surface area (Å²) in [6, 6.07) is 13.8. The van der Waals surface area contributed by atoms with Crippen molar-refractivity contribution in [1.29, 1.82) is 0 Å². The molecule has 0 unspecified atom stereocenters. The lowest BCUT2D eigenvalue weighted by Crippen LogP contribution is -2.24. The zero-order valence-corrected chi connectivity index (χ0v) is 22.6. The summed E-state index contributed by atoms with van der Waals surface area (Å²) < 4.78 is 22.3. The van der Waals surface area contributed by atoms with Gasteiger partial charge in [0.25, 0.3) is 0 Å². The Kier molecular flexibility index (Phi) is 8.38. The van der Waals surface area contributed by atoms with E-state index in [0.717, 1.165) is 81.8 Å². The molecule has 0 aliphatic rings. The van der Waals surface area contributed by atoms with Crippen molar-refractivity contribution in [3.8, 4) is 23.0 Å². The third-order valence-corrected chi connectivity index (χ3v) is 6.41. The molecule has 2 aromatic carbocycles. The van der Waals surface area contributed by atoms with E-state index >= 15 is 0 Å². The molecule has 0 atom stereocenters. The minimum absolute atomic E-state index is 0.547. The summed E-state index contributed by atoms with van der Waals surface area (Å²) in [4.78, 5) is 15.7. The summed E-state index contributed by atoms with van der Waals surface area (Å²) in [6.45, 7) is 5.29. The Labute approximate surface area is 218 Å². The van der Waals surface area contributed by atoms with Crippen LogP contribution in [-0.4, -0.2) is 43.4 Å². The molecule has 0 spiro atoms. The van der Waals surface area contributed by atoms with Crippen molar-refractivity contribution in [3.05, 3.63) is 65.1 Å². The van der Waals surface area contributed by atoms with Crippen LogP contribution in [0.15, 0.2) is 42.5 Å². The maximum Gasteiger partial charge on any atom is 0.157 e. The molecule has 4 rings (SSSR count). The number of H-pyrrole nitrogens is 1. The van der Waals surface area contributed by atoms with Crippen LogP contribution in [0.25, 0.3) is 11.0 Å². The van der Waals surface area contributed by atoms with E-state index in [0.29, 0.717) is 13.1 Å². The average Bonchev–Trinajstić information content (AvgIpc) is 3.33. The number of benzene rings is 2. The van der Waals surface area contributed by atoms with E-state index in [2.05, 4.69) is 22.9 Å². The van der Waals surface area contributed by atoms with Gasteiger partial charge in [0.2, 0.25) is 0 Å². The highest BCUT2D eigenvalue weighted by atomic mass is 16.5. The van der Waals surface area contributed by atoms with Crippen LogP contribution < -0.4 is 23.8 Å². The van der Waals surface area contributed by atoms with Crippen molar-refractivity contribution in [2.45, 2.75) is 46.2 Å². The summed E-state index contributed by atoms with van der Waals surface area (Å²) in [5.74, 6) is 4.78. The molecule has 0 saturated heterocycles. The molecule has 4 aromatic rings. The number of hydrogen-bond acceptors (Lipinski definition) is 7. The summed E-state index contributed by atoms with van der Waals surface area (Å²) >= 11 is 0.